The average Bonchev–Trinajstić information content (AvgIpc) is 2.49. The van der Waals surface area contributed by atoms with Crippen molar-refractivity contribution in [3.8, 4) is 0 Å². The normalized spacial score (nSPS) is 11.8. The summed E-state index contributed by atoms with van der Waals surface area (Å²) in [5.74, 6) is 0.830. The van der Waals surface area contributed by atoms with Gasteiger partial charge in [0.1, 0.15) is 0 Å². The maximum absolute atomic E-state index is 5.32. The van der Waals surface area contributed by atoms with Gasteiger partial charge >= 0.3 is 0 Å². The molecular formula is C18H32IN3O. The van der Waals surface area contributed by atoms with Gasteiger partial charge in [0.2, 0.25) is 0 Å². The number of ether oxygens (including phenoxy) is 1. The monoisotopic (exact) mass is 433 g/mol. The third-order valence-electron chi connectivity index (χ3n) is 3.47. The zero-order valence-electron chi connectivity index (χ0n) is 15.1. The predicted molar refractivity (Wildman–Crippen MR) is 110 cm³/mol. The van der Waals surface area contributed by atoms with E-state index in [0.29, 0.717) is 0 Å². The van der Waals surface area contributed by atoms with Crippen molar-refractivity contribution >= 4 is 29.9 Å². The van der Waals surface area contributed by atoms with E-state index in [9.17, 15) is 0 Å². The van der Waals surface area contributed by atoms with Gasteiger partial charge in [-0.05, 0) is 29.9 Å². The maximum atomic E-state index is 5.32. The molecule has 0 bridgehead atoms. The van der Waals surface area contributed by atoms with Crippen LogP contribution in [-0.4, -0.2) is 32.8 Å². The Kier molecular flexibility index (Phi) is 11.3. The fourth-order valence-electron chi connectivity index (χ4n) is 2.05. The molecule has 0 aromatic heterocycles. The molecule has 0 saturated carbocycles. The highest BCUT2D eigenvalue weighted by molar-refractivity contribution is 14.0. The fraction of sp³-hybridized carbons (Fsp3) is 0.611. The molecule has 1 aromatic carbocycles. The first-order chi connectivity index (χ1) is 10.5. The largest absolute Gasteiger partial charge is 0.382 e. The number of nitrogens with one attached hydrogen (secondary N) is 2. The van der Waals surface area contributed by atoms with E-state index in [1.165, 1.54) is 11.1 Å². The summed E-state index contributed by atoms with van der Waals surface area (Å²) in [6, 6.07) is 8.76. The number of aliphatic imine (C=N–C) groups is 1. The molecule has 0 saturated heterocycles. The number of hydrogen-bond donors (Lipinski definition) is 2. The van der Waals surface area contributed by atoms with E-state index in [1.54, 1.807) is 7.05 Å². The first kappa shape index (κ1) is 22.2. The van der Waals surface area contributed by atoms with Gasteiger partial charge in [0, 0.05) is 33.4 Å². The second-order valence-corrected chi connectivity index (χ2v) is 6.35. The van der Waals surface area contributed by atoms with E-state index >= 15 is 0 Å². The standard InChI is InChI=1S/C18H31N3O.HI/c1-6-22-13-7-12-20-17(19-5)21-14-15-8-10-16(11-9-15)18(2,3)4;/h8-11H,6-7,12-14H2,1-5H3,(H2,19,20,21);1H. The number of benzene rings is 1. The predicted octanol–water partition coefficient (Wildman–Crippen LogP) is 3.69. The van der Waals surface area contributed by atoms with Gasteiger partial charge in [-0.15, -0.1) is 24.0 Å². The third kappa shape index (κ3) is 9.15. The first-order valence-electron chi connectivity index (χ1n) is 8.09. The number of hydrogen-bond acceptors (Lipinski definition) is 2. The Labute approximate surface area is 158 Å². The number of halogens is 1. The third-order valence-corrected chi connectivity index (χ3v) is 3.47. The summed E-state index contributed by atoms with van der Waals surface area (Å²) >= 11 is 0. The van der Waals surface area contributed by atoms with Crippen molar-refractivity contribution in [2.24, 2.45) is 4.99 Å². The minimum atomic E-state index is 0. The van der Waals surface area contributed by atoms with Gasteiger partial charge in [-0.25, -0.2) is 0 Å². The van der Waals surface area contributed by atoms with Gasteiger partial charge in [0.05, 0.1) is 0 Å². The summed E-state index contributed by atoms with van der Waals surface area (Å²) < 4.78 is 5.32. The van der Waals surface area contributed by atoms with Crippen molar-refractivity contribution in [3.05, 3.63) is 35.4 Å². The number of guanidine groups is 1. The van der Waals surface area contributed by atoms with Gasteiger partial charge in [-0.3, -0.25) is 4.99 Å². The molecule has 23 heavy (non-hydrogen) atoms. The zero-order valence-corrected chi connectivity index (χ0v) is 17.4. The summed E-state index contributed by atoms with van der Waals surface area (Å²) in [5.41, 5.74) is 2.81. The topological polar surface area (TPSA) is 45.6 Å². The second kappa shape index (κ2) is 11.7. The molecule has 0 unspecified atom stereocenters. The van der Waals surface area contributed by atoms with Gasteiger partial charge in [-0.2, -0.15) is 0 Å². The molecule has 1 rings (SSSR count). The van der Waals surface area contributed by atoms with E-state index < -0.39 is 0 Å². The highest BCUT2D eigenvalue weighted by Gasteiger charge is 2.12. The summed E-state index contributed by atoms with van der Waals surface area (Å²) in [5, 5.41) is 6.63. The van der Waals surface area contributed by atoms with Crippen molar-refractivity contribution in [1.82, 2.24) is 10.6 Å². The molecule has 0 amide bonds. The lowest BCUT2D eigenvalue weighted by Gasteiger charge is -2.19. The van der Waals surface area contributed by atoms with Crippen molar-refractivity contribution < 1.29 is 4.74 Å². The Morgan fingerprint density at radius 2 is 1.78 bits per heavy atom. The Bertz CT molecular complexity index is 452. The maximum Gasteiger partial charge on any atom is 0.191 e. The number of nitrogens with zero attached hydrogens (tertiary/aromatic N) is 1. The molecule has 4 nitrogen and oxygen atoms in total. The Hall–Kier alpha value is -0.820. The van der Waals surface area contributed by atoms with Crippen LogP contribution >= 0.6 is 24.0 Å². The van der Waals surface area contributed by atoms with E-state index in [-0.39, 0.29) is 29.4 Å². The van der Waals surface area contributed by atoms with Gasteiger partial charge in [-0.1, -0.05) is 45.0 Å². The van der Waals surface area contributed by atoms with Crippen LogP contribution in [0.1, 0.15) is 45.2 Å². The van der Waals surface area contributed by atoms with Crippen LogP contribution < -0.4 is 10.6 Å². The van der Waals surface area contributed by atoms with Crippen LogP contribution in [0.15, 0.2) is 29.3 Å². The lowest BCUT2D eigenvalue weighted by molar-refractivity contribution is 0.145. The molecule has 0 aliphatic heterocycles. The summed E-state index contributed by atoms with van der Waals surface area (Å²) in [4.78, 5) is 4.23. The van der Waals surface area contributed by atoms with Crippen molar-refractivity contribution in [2.75, 3.05) is 26.8 Å². The molecule has 0 fully saturated rings. The Morgan fingerprint density at radius 1 is 1.13 bits per heavy atom. The van der Waals surface area contributed by atoms with Crippen LogP contribution in [0.5, 0.6) is 0 Å². The molecule has 0 spiro atoms. The zero-order chi connectivity index (χ0) is 16.4. The van der Waals surface area contributed by atoms with E-state index in [4.69, 9.17) is 4.74 Å². The van der Waals surface area contributed by atoms with Crippen LogP contribution in [0.2, 0.25) is 0 Å². The lowest BCUT2D eigenvalue weighted by atomic mass is 9.87. The quantitative estimate of drug-likeness (QED) is 0.299. The van der Waals surface area contributed by atoms with E-state index in [2.05, 4.69) is 60.7 Å². The van der Waals surface area contributed by atoms with Crippen molar-refractivity contribution in [3.63, 3.8) is 0 Å². The van der Waals surface area contributed by atoms with Gasteiger partial charge in [0.25, 0.3) is 0 Å². The molecule has 132 valence electrons. The molecular weight excluding hydrogens is 401 g/mol. The van der Waals surface area contributed by atoms with Crippen LogP contribution in [0, 0.1) is 0 Å². The molecule has 0 aliphatic carbocycles. The van der Waals surface area contributed by atoms with Crippen LogP contribution in [0.25, 0.3) is 0 Å². The van der Waals surface area contributed by atoms with Crippen molar-refractivity contribution in [1.29, 1.82) is 0 Å². The summed E-state index contributed by atoms with van der Waals surface area (Å²) in [7, 11) is 1.79. The van der Waals surface area contributed by atoms with E-state index in [1.807, 2.05) is 6.92 Å². The molecule has 0 heterocycles. The molecule has 0 aliphatic rings. The fourth-order valence-corrected chi connectivity index (χ4v) is 2.05. The number of rotatable bonds is 7. The van der Waals surface area contributed by atoms with Gasteiger partial charge in [0.15, 0.2) is 5.96 Å². The second-order valence-electron chi connectivity index (χ2n) is 6.35. The first-order valence-corrected chi connectivity index (χ1v) is 8.09. The van der Waals surface area contributed by atoms with Crippen LogP contribution in [0.4, 0.5) is 0 Å². The summed E-state index contributed by atoms with van der Waals surface area (Å²) in [6.07, 6.45) is 0.981. The highest BCUT2D eigenvalue weighted by Crippen LogP contribution is 2.22. The Balaban J connectivity index is 0.00000484. The molecule has 0 radical (unpaired) electrons. The highest BCUT2D eigenvalue weighted by atomic mass is 127. The van der Waals surface area contributed by atoms with Crippen LogP contribution in [-0.2, 0) is 16.7 Å². The molecule has 5 heteroatoms. The minimum Gasteiger partial charge on any atom is -0.382 e. The SMILES string of the molecule is CCOCCCNC(=NC)NCc1ccc(C(C)(C)C)cc1.I. The average molecular weight is 433 g/mol. The Morgan fingerprint density at radius 3 is 2.30 bits per heavy atom. The van der Waals surface area contributed by atoms with Crippen LogP contribution in [0.3, 0.4) is 0 Å². The lowest BCUT2D eigenvalue weighted by Crippen LogP contribution is -2.37. The van der Waals surface area contributed by atoms with E-state index in [0.717, 1.165) is 38.7 Å². The van der Waals surface area contributed by atoms with Crippen molar-refractivity contribution in [2.45, 2.75) is 46.1 Å². The molecule has 0 atom stereocenters. The molecule has 1 aromatic rings. The van der Waals surface area contributed by atoms with Gasteiger partial charge < -0.3 is 15.4 Å². The summed E-state index contributed by atoms with van der Waals surface area (Å²) in [6.45, 7) is 11.9. The smallest absolute Gasteiger partial charge is 0.191 e. The minimum absolute atomic E-state index is 0. The molecule has 2 N–H and O–H groups in total.